The van der Waals surface area contributed by atoms with E-state index < -0.39 is 5.97 Å². The van der Waals surface area contributed by atoms with Gasteiger partial charge in [0.2, 0.25) is 5.91 Å². The van der Waals surface area contributed by atoms with Crippen molar-refractivity contribution in [1.29, 1.82) is 0 Å². The maximum Gasteiger partial charge on any atom is 0.308 e. The van der Waals surface area contributed by atoms with Crippen molar-refractivity contribution in [3.63, 3.8) is 0 Å². The topological polar surface area (TPSA) is 66.4 Å². The van der Waals surface area contributed by atoms with Crippen LogP contribution < -0.4 is 5.32 Å². The highest BCUT2D eigenvalue weighted by Crippen LogP contribution is 2.38. The van der Waals surface area contributed by atoms with Gasteiger partial charge >= 0.3 is 5.97 Å². The Labute approximate surface area is 102 Å². The van der Waals surface area contributed by atoms with Crippen LogP contribution >= 0.6 is 0 Å². The Hall–Kier alpha value is -1.06. The quantitative estimate of drug-likeness (QED) is 0.791. The van der Waals surface area contributed by atoms with Gasteiger partial charge in [0, 0.05) is 11.5 Å². The summed E-state index contributed by atoms with van der Waals surface area (Å²) in [5, 5.41) is 12.0. The van der Waals surface area contributed by atoms with Gasteiger partial charge in [-0.2, -0.15) is 0 Å². The monoisotopic (exact) mass is 239 g/mol. The van der Waals surface area contributed by atoms with Crippen molar-refractivity contribution in [3.05, 3.63) is 0 Å². The molecule has 2 fully saturated rings. The lowest BCUT2D eigenvalue weighted by molar-refractivity contribution is -0.142. The molecule has 0 spiro atoms. The summed E-state index contributed by atoms with van der Waals surface area (Å²) in [5.41, 5.74) is -0.258. The Morgan fingerprint density at radius 3 is 2.41 bits per heavy atom. The average Bonchev–Trinajstić information content (AvgIpc) is 2.87. The summed E-state index contributed by atoms with van der Waals surface area (Å²) < 4.78 is 0. The van der Waals surface area contributed by atoms with Gasteiger partial charge in [-0.3, -0.25) is 9.59 Å². The van der Waals surface area contributed by atoms with E-state index in [1.165, 1.54) is 0 Å². The van der Waals surface area contributed by atoms with Gasteiger partial charge in [-0.15, -0.1) is 0 Å². The molecule has 0 saturated heterocycles. The van der Waals surface area contributed by atoms with Crippen LogP contribution in [0.25, 0.3) is 0 Å². The van der Waals surface area contributed by atoms with E-state index in [4.69, 9.17) is 5.11 Å². The van der Waals surface area contributed by atoms with Gasteiger partial charge in [0.05, 0.1) is 5.92 Å². The molecule has 1 amide bonds. The van der Waals surface area contributed by atoms with Crippen molar-refractivity contribution in [2.75, 3.05) is 0 Å². The Morgan fingerprint density at radius 1 is 1.18 bits per heavy atom. The Kier molecular flexibility index (Phi) is 3.40. The molecule has 2 rings (SSSR count). The lowest BCUT2D eigenvalue weighted by atomic mass is 9.87. The SMILES string of the molecule is CC1(C(=O)NC2CCCC2C(=O)O)CCCC1. The van der Waals surface area contributed by atoms with Crippen LogP contribution in [0.5, 0.6) is 0 Å². The normalized spacial score (nSPS) is 31.4. The van der Waals surface area contributed by atoms with Crippen molar-refractivity contribution in [2.45, 2.75) is 57.9 Å². The Morgan fingerprint density at radius 2 is 1.82 bits per heavy atom. The van der Waals surface area contributed by atoms with Gasteiger partial charge in [0.25, 0.3) is 0 Å². The summed E-state index contributed by atoms with van der Waals surface area (Å²) in [4.78, 5) is 23.2. The zero-order valence-electron chi connectivity index (χ0n) is 10.4. The van der Waals surface area contributed by atoms with Crippen molar-refractivity contribution >= 4 is 11.9 Å². The number of nitrogens with one attached hydrogen (secondary N) is 1. The molecule has 2 unspecified atom stereocenters. The van der Waals surface area contributed by atoms with E-state index in [0.29, 0.717) is 6.42 Å². The van der Waals surface area contributed by atoms with Gasteiger partial charge in [-0.1, -0.05) is 26.2 Å². The number of hydrogen-bond donors (Lipinski definition) is 2. The predicted octanol–water partition coefficient (Wildman–Crippen LogP) is 1.94. The summed E-state index contributed by atoms with van der Waals surface area (Å²) in [6.45, 7) is 2.00. The van der Waals surface area contributed by atoms with E-state index in [1.54, 1.807) is 0 Å². The molecule has 2 aliphatic rings. The number of amides is 1. The van der Waals surface area contributed by atoms with E-state index >= 15 is 0 Å². The van der Waals surface area contributed by atoms with E-state index in [2.05, 4.69) is 5.32 Å². The summed E-state index contributed by atoms with van der Waals surface area (Å²) in [6.07, 6.45) is 6.48. The van der Waals surface area contributed by atoms with E-state index in [0.717, 1.165) is 38.5 Å². The molecule has 0 aromatic heterocycles. The molecule has 2 saturated carbocycles. The van der Waals surface area contributed by atoms with E-state index in [1.807, 2.05) is 6.92 Å². The first-order valence-corrected chi connectivity index (χ1v) is 6.57. The van der Waals surface area contributed by atoms with Crippen LogP contribution in [-0.4, -0.2) is 23.0 Å². The molecular weight excluding hydrogens is 218 g/mol. The van der Waals surface area contributed by atoms with E-state index in [9.17, 15) is 9.59 Å². The van der Waals surface area contributed by atoms with Gasteiger partial charge in [-0.25, -0.2) is 0 Å². The largest absolute Gasteiger partial charge is 0.481 e. The fourth-order valence-corrected chi connectivity index (χ4v) is 3.15. The van der Waals surface area contributed by atoms with Gasteiger partial charge in [-0.05, 0) is 25.7 Å². The summed E-state index contributed by atoms with van der Waals surface area (Å²) >= 11 is 0. The first-order chi connectivity index (χ1) is 8.03. The van der Waals surface area contributed by atoms with Crippen LogP contribution in [0.4, 0.5) is 0 Å². The van der Waals surface area contributed by atoms with E-state index in [-0.39, 0.29) is 23.3 Å². The zero-order valence-corrected chi connectivity index (χ0v) is 10.4. The molecule has 0 radical (unpaired) electrons. The predicted molar refractivity (Wildman–Crippen MR) is 63.5 cm³/mol. The molecule has 2 N–H and O–H groups in total. The highest BCUT2D eigenvalue weighted by Gasteiger charge is 2.40. The second-order valence-corrected chi connectivity index (χ2v) is 5.72. The molecule has 0 heterocycles. The molecule has 4 nitrogen and oxygen atoms in total. The highest BCUT2D eigenvalue weighted by atomic mass is 16.4. The molecule has 0 aliphatic heterocycles. The number of hydrogen-bond acceptors (Lipinski definition) is 2. The molecular formula is C13H21NO3. The smallest absolute Gasteiger partial charge is 0.308 e. The zero-order chi connectivity index (χ0) is 12.5. The molecule has 0 aromatic rings. The second kappa shape index (κ2) is 4.67. The van der Waals surface area contributed by atoms with Gasteiger partial charge in [0.1, 0.15) is 0 Å². The molecule has 96 valence electrons. The summed E-state index contributed by atoms with van der Waals surface area (Å²) in [5.74, 6) is -1.10. The summed E-state index contributed by atoms with van der Waals surface area (Å²) in [6, 6.07) is -0.155. The Bertz CT molecular complexity index is 321. The third kappa shape index (κ3) is 2.45. The van der Waals surface area contributed by atoms with Crippen molar-refractivity contribution in [2.24, 2.45) is 11.3 Å². The molecule has 17 heavy (non-hydrogen) atoms. The number of carbonyl (C=O) groups excluding carboxylic acids is 1. The Balaban J connectivity index is 1.96. The first-order valence-electron chi connectivity index (χ1n) is 6.57. The minimum absolute atomic E-state index is 0.0631. The van der Waals surface area contributed by atoms with Crippen LogP contribution in [0.1, 0.15) is 51.9 Å². The van der Waals surface area contributed by atoms with Crippen LogP contribution in [0.15, 0.2) is 0 Å². The number of carboxylic acids is 1. The fourth-order valence-electron chi connectivity index (χ4n) is 3.15. The maximum atomic E-state index is 12.2. The molecule has 0 aromatic carbocycles. The van der Waals surface area contributed by atoms with Gasteiger partial charge in [0.15, 0.2) is 0 Å². The second-order valence-electron chi connectivity index (χ2n) is 5.72. The molecule has 4 heteroatoms. The molecule has 0 bridgehead atoms. The lowest BCUT2D eigenvalue weighted by Gasteiger charge is -2.26. The van der Waals surface area contributed by atoms with Crippen LogP contribution in [0, 0.1) is 11.3 Å². The maximum absolute atomic E-state index is 12.2. The number of rotatable bonds is 3. The number of carboxylic acid groups (broad SMARTS) is 1. The minimum Gasteiger partial charge on any atom is -0.481 e. The first kappa shape index (κ1) is 12.4. The van der Waals surface area contributed by atoms with Crippen LogP contribution in [0.3, 0.4) is 0 Å². The van der Waals surface area contributed by atoms with Crippen LogP contribution in [0.2, 0.25) is 0 Å². The third-order valence-corrected chi connectivity index (χ3v) is 4.40. The lowest BCUT2D eigenvalue weighted by Crippen LogP contribution is -2.46. The van der Waals surface area contributed by atoms with Crippen LogP contribution in [-0.2, 0) is 9.59 Å². The van der Waals surface area contributed by atoms with Crippen molar-refractivity contribution in [1.82, 2.24) is 5.32 Å². The highest BCUT2D eigenvalue weighted by molar-refractivity contribution is 5.83. The number of aliphatic carboxylic acids is 1. The molecule has 2 aliphatic carbocycles. The molecule has 2 atom stereocenters. The van der Waals surface area contributed by atoms with Gasteiger partial charge < -0.3 is 10.4 Å². The fraction of sp³-hybridized carbons (Fsp3) is 0.846. The number of carbonyl (C=O) groups is 2. The minimum atomic E-state index is -0.774. The van der Waals surface area contributed by atoms with Crippen molar-refractivity contribution in [3.8, 4) is 0 Å². The average molecular weight is 239 g/mol. The van der Waals surface area contributed by atoms with Crippen molar-refractivity contribution < 1.29 is 14.7 Å². The summed E-state index contributed by atoms with van der Waals surface area (Å²) in [7, 11) is 0. The third-order valence-electron chi connectivity index (χ3n) is 4.40. The standard InChI is InChI=1S/C13H21NO3/c1-13(7-2-3-8-13)12(17)14-10-6-4-5-9(10)11(15)16/h9-10H,2-8H2,1H3,(H,14,17)(H,15,16).